The van der Waals surface area contributed by atoms with Crippen LogP contribution in [0.4, 0.5) is 0 Å². The van der Waals surface area contributed by atoms with E-state index in [0.717, 1.165) is 18.7 Å². The molecule has 0 aliphatic carbocycles. The number of ether oxygens (including phenoxy) is 1. The second-order valence-electron chi connectivity index (χ2n) is 4.61. The first-order chi connectivity index (χ1) is 8.45. The number of rotatable bonds is 2. The summed E-state index contributed by atoms with van der Waals surface area (Å²) < 4.78 is 5.63. The van der Waals surface area contributed by atoms with Crippen molar-refractivity contribution in [1.82, 2.24) is 9.88 Å². The van der Waals surface area contributed by atoms with E-state index in [1.807, 2.05) is 12.3 Å². The molecule has 0 aromatic carbocycles. The van der Waals surface area contributed by atoms with Crippen molar-refractivity contribution in [3.05, 3.63) is 30.1 Å². The predicted octanol–water partition coefficient (Wildman–Crippen LogP) is 1.99. The Morgan fingerprint density at radius 1 is 1.24 bits per heavy atom. The minimum atomic E-state index is 0.0156. The van der Waals surface area contributed by atoms with Gasteiger partial charge in [0.2, 0.25) is 0 Å². The lowest BCUT2D eigenvalue weighted by Gasteiger charge is -2.32. The van der Waals surface area contributed by atoms with Crippen LogP contribution in [0.1, 0.15) is 30.9 Å². The van der Waals surface area contributed by atoms with Crippen molar-refractivity contribution in [1.29, 1.82) is 0 Å². The Labute approximate surface area is 101 Å². The van der Waals surface area contributed by atoms with E-state index in [1.165, 1.54) is 19.3 Å². The molecule has 90 valence electrons. The van der Waals surface area contributed by atoms with Crippen molar-refractivity contribution >= 4 is 6.40 Å². The van der Waals surface area contributed by atoms with Crippen LogP contribution in [0.2, 0.25) is 0 Å². The number of aliphatic imine (C=N–C) groups is 1. The fourth-order valence-corrected chi connectivity index (χ4v) is 2.58. The molecular weight excluding hydrogens is 214 g/mol. The molecule has 17 heavy (non-hydrogen) atoms. The van der Waals surface area contributed by atoms with E-state index in [1.54, 1.807) is 12.6 Å². The molecule has 2 aliphatic heterocycles. The van der Waals surface area contributed by atoms with Crippen LogP contribution < -0.4 is 0 Å². The van der Waals surface area contributed by atoms with Gasteiger partial charge in [-0.1, -0.05) is 12.5 Å². The summed E-state index contributed by atoms with van der Waals surface area (Å²) in [6.07, 6.45) is 9.28. The van der Waals surface area contributed by atoms with Crippen LogP contribution in [-0.4, -0.2) is 35.5 Å². The van der Waals surface area contributed by atoms with Gasteiger partial charge in [0.1, 0.15) is 6.17 Å². The molecule has 1 aromatic rings. The minimum absolute atomic E-state index is 0.0156. The van der Waals surface area contributed by atoms with Gasteiger partial charge < -0.3 is 4.74 Å². The molecule has 2 atom stereocenters. The summed E-state index contributed by atoms with van der Waals surface area (Å²) in [5.74, 6) is 0. The summed E-state index contributed by atoms with van der Waals surface area (Å²) in [6, 6.07) is 4.01. The summed E-state index contributed by atoms with van der Waals surface area (Å²) in [7, 11) is 0. The van der Waals surface area contributed by atoms with Crippen LogP contribution in [0.5, 0.6) is 0 Å². The van der Waals surface area contributed by atoms with Gasteiger partial charge in [0.15, 0.2) is 12.5 Å². The van der Waals surface area contributed by atoms with E-state index in [9.17, 15) is 0 Å². The van der Waals surface area contributed by atoms with Crippen LogP contribution in [0.3, 0.4) is 0 Å². The molecule has 0 saturated carbocycles. The molecular formula is C13H17N3O. The number of aromatic nitrogens is 1. The molecule has 1 fully saturated rings. The van der Waals surface area contributed by atoms with E-state index in [-0.39, 0.29) is 12.3 Å². The molecule has 2 aliphatic rings. The Hall–Kier alpha value is -1.42. The summed E-state index contributed by atoms with van der Waals surface area (Å²) >= 11 is 0. The number of piperidine rings is 1. The highest BCUT2D eigenvalue weighted by Crippen LogP contribution is 2.30. The molecule has 3 rings (SSSR count). The maximum Gasteiger partial charge on any atom is 0.172 e. The van der Waals surface area contributed by atoms with Crippen molar-refractivity contribution in [3.8, 4) is 0 Å². The Bertz CT molecular complexity index is 387. The number of hydrogen-bond donors (Lipinski definition) is 0. The van der Waals surface area contributed by atoms with Crippen LogP contribution in [0, 0.1) is 0 Å². The summed E-state index contributed by atoms with van der Waals surface area (Å²) in [6.45, 7) is 2.25. The maximum absolute atomic E-state index is 5.63. The van der Waals surface area contributed by atoms with E-state index in [2.05, 4.69) is 20.9 Å². The summed E-state index contributed by atoms with van der Waals surface area (Å²) in [5.41, 5.74) is 1.11. The average molecular weight is 231 g/mol. The molecule has 0 spiro atoms. The third kappa shape index (κ3) is 2.17. The van der Waals surface area contributed by atoms with Crippen LogP contribution >= 0.6 is 0 Å². The molecule has 1 aromatic heterocycles. The molecule has 0 unspecified atom stereocenters. The standard InChI is InChI=1S/C13H17N3O/c1-2-7-16(8-3-1)13-12(17-10-15-13)11-5-4-6-14-9-11/h4-6,9-10,12-13H,1-3,7-8H2/t12-,13-/m0/s1. The van der Waals surface area contributed by atoms with Crippen LogP contribution in [0.15, 0.2) is 29.5 Å². The molecule has 0 radical (unpaired) electrons. The van der Waals surface area contributed by atoms with Gasteiger partial charge in [-0.05, 0) is 18.9 Å². The Kier molecular flexibility index (Phi) is 3.05. The fourth-order valence-electron chi connectivity index (χ4n) is 2.58. The molecule has 0 amide bonds. The number of pyridine rings is 1. The Morgan fingerprint density at radius 2 is 2.12 bits per heavy atom. The minimum Gasteiger partial charge on any atom is -0.472 e. The second kappa shape index (κ2) is 4.84. The van der Waals surface area contributed by atoms with Gasteiger partial charge in [0.05, 0.1) is 0 Å². The number of hydrogen-bond acceptors (Lipinski definition) is 4. The van der Waals surface area contributed by atoms with Gasteiger partial charge >= 0.3 is 0 Å². The second-order valence-corrected chi connectivity index (χ2v) is 4.61. The fraction of sp³-hybridized carbons (Fsp3) is 0.538. The zero-order chi connectivity index (χ0) is 11.5. The zero-order valence-corrected chi connectivity index (χ0v) is 9.83. The lowest BCUT2D eigenvalue weighted by atomic mass is 10.1. The van der Waals surface area contributed by atoms with Gasteiger partial charge in [0.25, 0.3) is 0 Å². The van der Waals surface area contributed by atoms with Crippen molar-refractivity contribution in [2.24, 2.45) is 4.99 Å². The third-order valence-electron chi connectivity index (χ3n) is 3.47. The highest BCUT2D eigenvalue weighted by Gasteiger charge is 2.33. The molecule has 0 N–H and O–H groups in total. The SMILES string of the molecule is C1=N[C@@H](N2CCCCC2)[C@H](c2cccnc2)O1. The molecule has 4 heteroatoms. The lowest BCUT2D eigenvalue weighted by molar-refractivity contribution is 0.0792. The first-order valence-corrected chi connectivity index (χ1v) is 6.26. The highest BCUT2D eigenvalue weighted by molar-refractivity contribution is 5.50. The highest BCUT2D eigenvalue weighted by atomic mass is 16.5. The van der Waals surface area contributed by atoms with Gasteiger partial charge in [-0.25, -0.2) is 4.99 Å². The van der Waals surface area contributed by atoms with E-state index >= 15 is 0 Å². The average Bonchev–Trinajstić information content (AvgIpc) is 2.90. The van der Waals surface area contributed by atoms with Gasteiger partial charge in [-0.2, -0.15) is 0 Å². The van der Waals surface area contributed by atoms with E-state index < -0.39 is 0 Å². The molecule has 3 heterocycles. The smallest absolute Gasteiger partial charge is 0.172 e. The van der Waals surface area contributed by atoms with Crippen molar-refractivity contribution in [3.63, 3.8) is 0 Å². The normalized spacial score (nSPS) is 29.2. The molecule has 1 saturated heterocycles. The number of nitrogens with zero attached hydrogens (tertiary/aromatic N) is 3. The monoisotopic (exact) mass is 231 g/mol. The predicted molar refractivity (Wildman–Crippen MR) is 65.8 cm³/mol. The molecule has 0 bridgehead atoms. The van der Waals surface area contributed by atoms with Gasteiger partial charge in [0, 0.05) is 31.0 Å². The van der Waals surface area contributed by atoms with Crippen LogP contribution in [0.25, 0.3) is 0 Å². The van der Waals surface area contributed by atoms with E-state index in [4.69, 9.17) is 4.74 Å². The van der Waals surface area contributed by atoms with Crippen molar-refractivity contribution in [2.45, 2.75) is 31.5 Å². The Balaban J connectivity index is 1.77. The third-order valence-corrected chi connectivity index (χ3v) is 3.47. The number of likely N-dealkylation sites (tertiary alicyclic amines) is 1. The Morgan fingerprint density at radius 3 is 2.88 bits per heavy atom. The summed E-state index contributed by atoms with van der Waals surface area (Å²) in [4.78, 5) is 11.0. The molecule has 4 nitrogen and oxygen atoms in total. The van der Waals surface area contributed by atoms with Crippen molar-refractivity contribution < 1.29 is 4.74 Å². The van der Waals surface area contributed by atoms with Crippen molar-refractivity contribution in [2.75, 3.05) is 13.1 Å². The quantitative estimate of drug-likeness (QED) is 0.781. The zero-order valence-electron chi connectivity index (χ0n) is 9.83. The first kappa shape index (κ1) is 10.7. The van der Waals surface area contributed by atoms with Gasteiger partial charge in [-0.15, -0.1) is 0 Å². The first-order valence-electron chi connectivity index (χ1n) is 6.26. The van der Waals surface area contributed by atoms with Gasteiger partial charge in [-0.3, -0.25) is 9.88 Å². The van der Waals surface area contributed by atoms with E-state index in [0.29, 0.717) is 0 Å². The lowest BCUT2D eigenvalue weighted by Crippen LogP contribution is -2.40. The largest absolute Gasteiger partial charge is 0.472 e. The van der Waals surface area contributed by atoms with Crippen LogP contribution in [-0.2, 0) is 4.74 Å². The topological polar surface area (TPSA) is 37.7 Å². The summed E-state index contributed by atoms with van der Waals surface area (Å²) in [5, 5.41) is 0. The maximum atomic E-state index is 5.63.